The van der Waals surface area contributed by atoms with Crippen molar-refractivity contribution >= 4 is 17.9 Å². The molecule has 1 fully saturated rings. The van der Waals surface area contributed by atoms with E-state index in [9.17, 15) is 14.4 Å². The molecular weight excluding hydrogens is 322 g/mol. The molecule has 1 aliphatic rings. The quantitative estimate of drug-likeness (QED) is 0.821. The van der Waals surface area contributed by atoms with Gasteiger partial charge < -0.3 is 4.74 Å². The number of benzene rings is 1. The van der Waals surface area contributed by atoms with Crippen LogP contribution in [0.2, 0.25) is 0 Å². The number of hydrogen-bond donors (Lipinski definition) is 1. The van der Waals surface area contributed by atoms with Crippen LogP contribution >= 0.6 is 0 Å². The van der Waals surface area contributed by atoms with Crippen molar-refractivity contribution in [3.8, 4) is 0 Å². The van der Waals surface area contributed by atoms with Gasteiger partial charge in [0.2, 0.25) is 0 Å². The number of nitrogens with one attached hydrogen (secondary N) is 1. The molecule has 25 heavy (non-hydrogen) atoms. The predicted octanol–water partition coefficient (Wildman–Crippen LogP) is 1.73. The van der Waals surface area contributed by atoms with Gasteiger partial charge in [-0.15, -0.1) is 0 Å². The highest BCUT2D eigenvalue weighted by Gasteiger charge is 2.33. The molecule has 7 heteroatoms. The summed E-state index contributed by atoms with van der Waals surface area (Å²) in [6, 6.07) is 10.1. The Kier molecular flexibility index (Phi) is 6.14. The third kappa shape index (κ3) is 6.19. The zero-order valence-corrected chi connectivity index (χ0v) is 14.9. The fourth-order valence-electron chi connectivity index (χ4n) is 2.55. The van der Waals surface area contributed by atoms with E-state index in [-0.39, 0.29) is 13.1 Å². The van der Waals surface area contributed by atoms with Crippen molar-refractivity contribution in [1.29, 1.82) is 0 Å². The predicted molar refractivity (Wildman–Crippen MR) is 92.4 cm³/mol. The average Bonchev–Trinajstić information content (AvgIpc) is 2.50. The molecule has 0 radical (unpaired) electrons. The molecule has 1 heterocycles. The zero-order valence-electron chi connectivity index (χ0n) is 14.9. The molecule has 0 atom stereocenters. The number of ether oxygens (including phenoxy) is 1. The highest BCUT2D eigenvalue weighted by Crippen LogP contribution is 2.09. The van der Waals surface area contributed by atoms with E-state index in [4.69, 9.17) is 4.74 Å². The number of piperazine rings is 1. The van der Waals surface area contributed by atoms with E-state index in [1.165, 1.54) is 5.56 Å². The van der Waals surface area contributed by atoms with Gasteiger partial charge in [-0.1, -0.05) is 30.3 Å². The zero-order chi connectivity index (χ0) is 18.4. The summed E-state index contributed by atoms with van der Waals surface area (Å²) in [5.74, 6) is -0.913. The summed E-state index contributed by atoms with van der Waals surface area (Å²) < 4.78 is 5.07. The number of hydrazine groups is 1. The molecule has 0 aliphatic carbocycles. The Bertz CT molecular complexity index is 607. The summed E-state index contributed by atoms with van der Waals surface area (Å²) in [6.07, 6.45) is 0.927. The summed E-state index contributed by atoms with van der Waals surface area (Å²) in [5.41, 5.74) is 2.75. The maximum absolute atomic E-state index is 12.1. The molecule has 1 aromatic rings. The minimum atomic E-state index is -0.813. The van der Waals surface area contributed by atoms with Gasteiger partial charge in [0.15, 0.2) is 0 Å². The summed E-state index contributed by atoms with van der Waals surface area (Å²) in [4.78, 5) is 37.8. The first-order chi connectivity index (χ1) is 11.7. The number of nitrogens with zero attached hydrogens (tertiary/aromatic N) is 2. The molecule has 136 valence electrons. The lowest BCUT2D eigenvalue weighted by molar-refractivity contribution is -0.155. The second-order valence-corrected chi connectivity index (χ2v) is 7.04. The normalized spacial score (nSPS) is 16.0. The number of amides is 3. The monoisotopic (exact) mass is 347 g/mol. The highest BCUT2D eigenvalue weighted by atomic mass is 16.6. The first kappa shape index (κ1) is 18.9. The topological polar surface area (TPSA) is 79.0 Å². The van der Waals surface area contributed by atoms with Gasteiger partial charge in [0.1, 0.15) is 5.60 Å². The molecule has 1 aromatic carbocycles. The Morgan fingerprint density at radius 2 is 1.72 bits per heavy atom. The van der Waals surface area contributed by atoms with E-state index in [1.807, 2.05) is 18.2 Å². The van der Waals surface area contributed by atoms with E-state index >= 15 is 0 Å². The molecule has 1 N–H and O–H groups in total. The Morgan fingerprint density at radius 1 is 1.12 bits per heavy atom. The van der Waals surface area contributed by atoms with Gasteiger partial charge in [0.25, 0.3) is 11.8 Å². The van der Waals surface area contributed by atoms with E-state index < -0.39 is 23.5 Å². The maximum atomic E-state index is 12.1. The van der Waals surface area contributed by atoms with E-state index in [0.29, 0.717) is 6.54 Å². The largest absolute Gasteiger partial charge is 0.443 e. The van der Waals surface area contributed by atoms with Crippen LogP contribution in [0.15, 0.2) is 30.3 Å². The smallest absolute Gasteiger partial charge is 0.427 e. The van der Waals surface area contributed by atoms with Gasteiger partial charge in [0.05, 0.1) is 13.1 Å². The van der Waals surface area contributed by atoms with Crippen LogP contribution in [-0.2, 0) is 20.7 Å². The SMILES string of the molecule is CC(C)(C)OC(=O)NN1C(=O)CN(CCCc2ccccc2)CC1=O. The van der Waals surface area contributed by atoms with Crippen LogP contribution in [0.5, 0.6) is 0 Å². The molecule has 0 spiro atoms. The molecule has 0 saturated carbocycles. The molecule has 3 amide bonds. The maximum Gasteiger partial charge on any atom is 0.427 e. The van der Waals surface area contributed by atoms with Crippen LogP contribution in [-0.4, -0.2) is 53.1 Å². The number of hydrogen-bond acceptors (Lipinski definition) is 5. The summed E-state index contributed by atoms with van der Waals surface area (Å²) in [7, 11) is 0. The highest BCUT2D eigenvalue weighted by molar-refractivity contribution is 6.00. The first-order valence-corrected chi connectivity index (χ1v) is 8.36. The number of carbonyl (C=O) groups excluding carboxylic acids is 3. The lowest BCUT2D eigenvalue weighted by Gasteiger charge is -2.32. The van der Waals surface area contributed by atoms with Crippen LogP contribution in [0.25, 0.3) is 0 Å². The molecular formula is C18H25N3O4. The van der Waals surface area contributed by atoms with Gasteiger partial charge >= 0.3 is 6.09 Å². The second kappa shape index (κ2) is 8.11. The average molecular weight is 347 g/mol. The van der Waals surface area contributed by atoms with Crippen molar-refractivity contribution in [2.24, 2.45) is 0 Å². The third-order valence-corrected chi connectivity index (χ3v) is 3.60. The fraction of sp³-hybridized carbons (Fsp3) is 0.500. The molecule has 0 bridgehead atoms. The second-order valence-electron chi connectivity index (χ2n) is 7.04. The van der Waals surface area contributed by atoms with E-state index in [2.05, 4.69) is 17.6 Å². The van der Waals surface area contributed by atoms with E-state index in [1.54, 1.807) is 25.7 Å². The van der Waals surface area contributed by atoms with Crippen molar-refractivity contribution in [2.75, 3.05) is 19.6 Å². The van der Waals surface area contributed by atoms with Crippen LogP contribution in [0.3, 0.4) is 0 Å². The minimum Gasteiger partial charge on any atom is -0.443 e. The summed E-state index contributed by atoms with van der Waals surface area (Å²) in [6.45, 7) is 5.96. The van der Waals surface area contributed by atoms with Crippen molar-refractivity contribution in [3.63, 3.8) is 0 Å². The van der Waals surface area contributed by atoms with Gasteiger partial charge in [0, 0.05) is 0 Å². The van der Waals surface area contributed by atoms with Crippen molar-refractivity contribution in [1.82, 2.24) is 15.3 Å². The van der Waals surface area contributed by atoms with Crippen LogP contribution in [0, 0.1) is 0 Å². The number of rotatable bonds is 5. The first-order valence-electron chi connectivity index (χ1n) is 8.36. The summed E-state index contributed by atoms with van der Waals surface area (Å²) >= 11 is 0. The van der Waals surface area contributed by atoms with Gasteiger partial charge in [-0.2, -0.15) is 5.01 Å². The molecule has 1 saturated heterocycles. The Balaban J connectivity index is 1.80. The molecule has 0 unspecified atom stereocenters. The van der Waals surface area contributed by atoms with Gasteiger partial charge in [-0.25, -0.2) is 10.2 Å². The molecule has 7 nitrogen and oxygen atoms in total. The molecule has 2 rings (SSSR count). The van der Waals surface area contributed by atoms with Crippen molar-refractivity contribution < 1.29 is 19.1 Å². The van der Waals surface area contributed by atoms with E-state index in [0.717, 1.165) is 17.9 Å². The van der Waals surface area contributed by atoms with Gasteiger partial charge in [-0.05, 0) is 45.7 Å². The number of aryl methyl sites for hydroxylation is 1. The van der Waals surface area contributed by atoms with Crippen LogP contribution < -0.4 is 5.43 Å². The number of imide groups is 1. The van der Waals surface area contributed by atoms with Crippen LogP contribution in [0.1, 0.15) is 32.8 Å². The Hall–Kier alpha value is -2.41. The summed E-state index contributed by atoms with van der Waals surface area (Å²) in [5, 5.41) is 0.752. The third-order valence-electron chi connectivity index (χ3n) is 3.60. The minimum absolute atomic E-state index is 0.0936. The van der Waals surface area contributed by atoms with Crippen LogP contribution in [0.4, 0.5) is 4.79 Å². The number of carbonyl (C=O) groups is 3. The fourth-order valence-corrected chi connectivity index (χ4v) is 2.55. The lowest BCUT2D eigenvalue weighted by atomic mass is 10.1. The molecule has 1 aliphatic heterocycles. The van der Waals surface area contributed by atoms with Crippen molar-refractivity contribution in [3.05, 3.63) is 35.9 Å². The Morgan fingerprint density at radius 3 is 2.28 bits per heavy atom. The molecule has 0 aromatic heterocycles. The Labute approximate surface area is 147 Å². The standard InChI is InChI=1S/C18H25N3O4/c1-18(2,3)25-17(24)19-21-15(22)12-20(13-16(21)23)11-7-10-14-8-5-4-6-9-14/h4-6,8-9H,7,10-13H2,1-3H3,(H,19,24). The lowest BCUT2D eigenvalue weighted by Crippen LogP contribution is -2.60. The van der Waals surface area contributed by atoms with Gasteiger partial charge in [-0.3, -0.25) is 14.5 Å². The van der Waals surface area contributed by atoms with Crippen molar-refractivity contribution in [2.45, 2.75) is 39.2 Å².